The van der Waals surface area contributed by atoms with Crippen molar-refractivity contribution in [3.05, 3.63) is 107 Å². The summed E-state index contributed by atoms with van der Waals surface area (Å²) in [4.78, 5) is 26.6. The van der Waals surface area contributed by atoms with Crippen LogP contribution in [0, 0.1) is 5.82 Å². The number of hydrogen-bond acceptors (Lipinski definition) is 10. The van der Waals surface area contributed by atoms with Gasteiger partial charge in [0.1, 0.15) is 18.2 Å². The summed E-state index contributed by atoms with van der Waals surface area (Å²) in [6, 6.07) is 15.4. The van der Waals surface area contributed by atoms with Crippen LogP contribution in [0.15, 0.2) is 88.9 Å². The van der Waals surface area contributed by atoms with Crippen LogP contribution in [-0.2, 0) is 23.8 Å². The highest BCUT2D eigenvalue weighted by Gasteiger charge is 2.26. The van der Waals surface area contributed by atoms with Gasteiger partial charge in [-0.3, -0.25) is 18.6 Å². The van der Waals surface area contributed by atoms with Crippen molar-refractivity contribution in [3.63, 3.8) is 0 Å². The molecule has 47 heavy (non-hydrogen) atoms. The van der Waals surface area contributed by atoms with E-state index >= 15 is 4.39 Å². The number of ether oxygens (including phenoxy) is 1. The number of fused-ring (bicyclic) bond motifs is 1. The Labute approximate surface area is 267 Å². The maximum atomic E-state index is 15.4. The lowest BCUT2D eigenvalue weighted by Gasteiger charge is -2.18. The van der Waals surface area contributed by atoms with Gasteiger partial charge in [-0.05, 0) is 60.0 Å². The van der Waals surface area contributed by atoms with Gasteiger partial charge in [-0.15, -0.1) is 0 Å². The molecule has 0 unspecified atom stereocenters. The van der Waals surface area contributed by atoms with Gasteiger partial charge in [0.15, 0.2) is 5.82 Å². The van der Waals surface area contributed by atoms with Crippen molar-refractivity contribution in [3.8, 4) is 22.8 Å². The molecule has 0 atom stereocenters. The van der Waals surface area contributed by atoms with Crippen LogP contribution in [0.4, 0.5) is 22.0 Å². The summed E-state index contributed by atoms with van der Waals surface area (Å²) in [5.41, 5.74) is 8.14. The Morgan fingerprint density at radius 2 is 1.89 bits per heavy atom. The van der Waals surface area contributed by atoms with Gasteiger partial charge in [0.2, 0.25) is 11.9 Å². The molecule has 4 N–H and O–H groups in total. The molecule has 1 aliphatic carbocycles. The second kappa shape index (κ2) is 11.6. The maximum absolute atomic E-state index is 15.4. The number of anilines is 3. The molecule has 0 amide bonds. The van der Waals surface area contributed by atoms with E-state index in [1.54, 1.807) is 54.6 Å². The van der Waals surface area contributed by atoms with Crippen molar-refractivity contribution in [1.29, 1.82) is 0 Å². The molecular weight excluding hydrogens is 627 g/mol. The highest BCUT2D eigenvalue weighted by Crippen LogP contribution is 2.41. The number of hydrogen-bond donors (Lipinski definition) is 3. The summed E-state index contributed by atoms with van der Waals surface area (Å²) >= 11 is 0. The van der Waals surface area contributed by atoms with Crippen LogP contribution in [0.1, 0.15) is 29.9 Å². The molecule has 3 aromatic carbocycles. The van der Waals surface area contributed by atoms with E-state index in [9.17, 15) is 17.8 Å². The van der Waals surface area contributed by atoms with Crippen LogP contribution in [0.5, 0.6) is 5.75 Å². The molecule has 6 aromatic rings. The Hall–Kier alpha value is -5.67. The monoisotopic (exact) mass is 654 g/mol. The minimum atomic E-state index is -4.49. The summed E-state index contributed by atoms with van der Waals surface area (Å²) < 4.78 is 57.4. The minimum Gasteiger partial charge on any atom is -0.489 e. The number of nitrogens with one attached hydrogen (secondary N) is 1. The smallest absolute Gasteiger partial charge is 0.294 e. The first-order valence-electron chi connectivity index (χ1n) is 14.5. The number of aryl methyl sites for hydroxylation is 1. The number of halogens is 1. The Morgan fingerprint density at radius 1 is 1.09 bits per heavy atom. The lowest BCUT2D eigenvalue weighted by Crippen LogP contribution is -2.21. The zero-order chi connectivity index (χ0) is 32.9. The van der Waals surface area contributed by atoms with Crippen LogP contribution in [0.25, 0.3) is 27.8 Å². The van der Waals surface area contributed by atoms with E-state index < -0.39 is 21.5 Å². The molecule has 3 aromatic heterocycles. The first-order chi connectivity index (χ1) is 22.5. The summed E-state index contributed by atoms with van der Waals surface area (Å²) in [5.74, 6) is 0.0214. The third-order valence-corrected chi connectivity index (χ3v) is 8.63. The van der Waals surface area contributed by atoms with Crippen LogP contribution in [-0.4, -0.2) is 42.3 Å². The Morgan fingerprint density at radius 3 is 2.64 bits per heavy atom. The van der Waals surface area contributed by atoms with Gasteiger partial charge in [-0.2, -0.15) is 28.5 Å². The van der Waals surface area contributed by atoms with Crippen molar-refractivity contribution in [2.75, 3.05) is 11.1 Å². The summed E-state index contributed by atoms with van der Waals surface area (Å²) in [7, 11) is -2.74. The standard InChI is InChI=1S/C32H27FN8O5S/c1-40-16-21(15-35-40)36-32-38-29(37-31(34)39-32)24-6-3-7-27(25(24)17-46-22-4-2-5-23(14-22)47(43,44)45)41-11-10-19-12-20(18-8-9-18)13-26(33)28(19)30(41)42/h2-7,10-16,18H,8-9,17H2,1H3,(H,43,44,45)(H3,34,36,37,38,39). The molecule has 1 fully saturated rings. The summed E-state index contributed by atoms with van der Waals surface area (Å²) in [6.45, 7) is -0.217. The molecule has 0 saturated heterocycles. The fraction of sp³-hybridized carbons (Fsp3) is 0.156. The third kappa shape index (κ3) is 6.13. The van der Waals surface area contributed by atoms with Crippen LogP contribution in [0.2, 0.25) is 0 Å². The quantitative estimate of drug-likeness (QED) is 0.183. The van der Waals surface area contributed by atoms with E-state index in [-0.39, 0.29) is 40.4 Å². The lowest BCUT2D eigenvalue weighted by molar-refractivity contribution is 0.305. The van der Waals surface area contributed by atoms with Gasteiger partial charge in [-0.1, -0.05) is 24.3 Å². The minimum absolute atomic E-state index is 0.0533. The topological polar surface area (TPSA) is 180 Å². The second-order valence-corrected chi connectivity index (χ2v) is 12.6. The second-order valence-electron chi connectivity index (χ2n) is 11.1. The Bertz CT molecular complexity index is 2350. The number of pyridine rings is 1. The fourth-order valence-corrected chi connectivity index (χ4v) is 5.93. The molecule has 15 heteroatoms. The van der Waals surface area contributed by atoms with E-state index in [0.717, 1.165) is 18.4 Å². The number of rotatable bonds is 9. The third-order valence-electron chi connectivity index (χ3n) is 7.78. The molecule has 0 radical (unpaired) electrons. The lowest BCUT2D eigenvalue weighted by atomic mass is 10.0. The average molecular weight is 655 g/mol. The van der Waals surface area contributed by atoms with Crippen LogP contribution >= 0.6 is 0 Å². The van der Waals surface area contributed by atoms with Gasteiger partial charge in [0, 0.05) is 36.6 Å². The highest BCUT2D eigenvalue weighted by atomic mass is 32.2. The van der Waals surface area contributed by atoms with E-state index in [2.05, 4.69) is 25.4 Å². The molecular formula is C32H27FN8O5S. The molecule has 13 nitrogen and oxygen atoms in total. The highest BCUT2D eigenvalue weighted by molar-refractivity contribution is 7.85. The number of benzene rings is 3. The predicted molar refractivity (Wildman–Crippen MR) is 172 cm³/mol. The zero-order valence-electron chi connectivity index (χ0n) is 24.8. The molecule has 7 rings (SSSR count). The fourth-order valence-electron chi connectivity index (χ4n) is 5.42. The van der Waals surface area contributed by atoms with Gasteiger partial charge in [0.25, 0.3) is 15.7 Å². The maximum Gasteiger partial charge on any atom is 0.294 e. The van der Waals surface area contributed by atoms with E-state index in [0.29, 0.717) is 33.8 Å². The van der Waals surface area contributed by atoms with Gasteiger partial charge >= 0.3 is 0 Å². The molecule has 0 bridgehead atoms. The van der Waals surface area contributed by atoms with Crippen LogP contribution in [0.3, 0.4) is 0 Å². The predicted octanol–water partition coefficient (Wildman–Crippen LogP) is 4.74. The molecule has 1 saturated carbocycles. The number of nitrogens with zero attached hydrogens (tertiary/aromatic N) is 6. The van der Waals surface area contributed by atoms with Crippen molar-refractivity contribution in [1.82, 2.24) is 29.3 Å². The number of nitrogens with two attached hydrogens (primary N) is 1. The van der Waals surface area contributed by atoms with Gasteiger partial charge in [0.05, 0.1) is 27.9 Å². The van der Waals surface area contributed by atoms with Crippen molar-refractivity contribution < 1.29 is 22.1 Å². The molecule has 238 valence electrons. The van der Waals surface area contributed by atoms with E-state index in [1.807, 2.05) is 6.07 Å². The molecule has 3 heterocycles. The first kappa shape index (κ1) is 30.0. The van der Waals surface area contributed by atoms with Gasteiger partial charge < -0.3 is 15.8 Å². The zero-order valence-corrected chi connectivity index (χ0v) is 25.6. The summed E-state index contributed by atoms with van der Waals surface area (Å²) in [5, 5.41) is 7.61. The van der Waals surface area contributed by atoms with E-state index in [4.69, 9.17) is 10.5 Å². The Balaban J connectivity index is 1.36. The molecule has 1 aliphatic rings. The average Bonchev–Trinajstić information content (AvgIpc) is 3.81. The normalized spacial score (nSPS) is 13.2. The SMILES string of the molecule is Cn1cc(Nc2nc(N)nc(-c3cccc(-n4ccc5cc(C6CC6)cc(F)c5c4=O)c3COc3cccc(S(=O)(=O)O)c3)n2)cn1. The molecule has 0 spiro atoms. The number of aromatic nitrogens is 6. The van der Waals surface area contributed by atoms with Crippen molar-refractivity contribution in [2.24, 2.45) is 7.05 Å². The van der Waals surface area contributed by atoms with Gasteiger partial charge in [-0.25, -0.2) is 4.39 Å². The molecule has 0 aliphatic heterocycles. The summed E-state index contributed by atoms with van der Waals surface area (Å²) in [6.07, 6.45) is 6.86. The van der Waals surface area contributed by atoms with E-state index in [1.165, 1.54) is 34.9 Å². The Kier molecular flexibility index (Phi) is 7.41. The largest absolute Gasteiger partial charge is 0.489 e. The van der Waals surface area contributed by atoms with Crippen molar-refractivity contribution >= 4 is 38.5 Å². The number of nitrogen functional groups attached to an aromatic ring is 1. The first-order valence-corrected chi connectivity index (χ1v) is 15.9. The van der Waals surface area contributed by atoms with Crippen LogP contribution < -0.4 is 21.3 Å². The van der Waals surface area contributed by atoms with Crippen molar-refractivity contribution in [2.45, 2.75) is 30.3 Å².